The number of aromatic nitrogens is 1. The highest BCUT2D eigenvalue weighted by Crippen LogP contribution is 2.26. The molecule has 1 fully saturated rings. The fraction of sp³-hybridized carbons (Fsp3) is 0.286. The molecule has 1 aliphatic rings. The van der Waals surface area contributed by atoms with Gasteiger partial charge in [-0.05, 0) is 36.6 Å². The summed E-state index contributed by atoms with van der Waals surface area (Å²) in [5.74, 6) is 0. The standard InChI is InChI=1S/C21H23N3O3S/c25-21-19-7-4-8-20(18(19)9-12-22-21)28(26,27)24-13-10-17(11-14-24)23-15-16-5-2-1-3-6-16/h1-9,12,17,23H,10-11,13-15H2,(H,22,25). The van der Waals surface area contributed by atoms with Crippen LogP contribution in [-0.4, -0.2) is 36.8 Å². The van der Waals surface area contributed by atoms with E-state index in [1.165, 1.54) is 16.1 Å². The number of hydrogen-bond donors (Lipinski definition) is 2. The Balaban J connectivity index is 1.47. The van der Waals surface area contributed by atoms with E-state index in [0.717, 1.165) is 19.4 Å². The average Bonchev–Trinajstić information content (AvgIpc) is 2.73. The molecule has 6 nitrogen and oxygen atoms in total. The summed E-state index contributed by atoms with van der Waals surface area (Å²) in [7, 11) is -3.64. The highest BCUT2D eigenvalue weighted by molar-refractivity contribution is 7.89. The van der Waals surface area contributed by atoms with Gasteiger partial charge in [0.25, 0.3) is 5.56 Å². The van der Waals surface area contributed by atoms with Crippen LogP contribution in [0.2, 0.25) is 0 Å². The lowest BCUT2D eigenvalue weighted by Crippen LogP contribution is -2.44. The van der Waals surface area contributed by atoms with Gasteiger partial charge in [-0.15, -0.1) is 0 Å². The summed E-state index contributed by atoms with van der Waals surface area (Å²) in [6, 6.07) is 17.0. The minimum absolute atomic E-state index is 0.201. The second-order valence-electron chi connectivity index (χ2n) is 7.07. The van der Waals surface area contributed by atoms with Gasteiger partial charge in [0.2, 0.25) is 10.0 Å². The number of nitrogens with zero attached hydrogens (tertiary/aromatic N) is 1. The van der Waals surface area contributed by atoms with Crippen LogP contribution in [0.5, 0.6) is 0 Å². The predicted octanol–water partition coefficient (Wildman–Crippen LogP) is 2.47. The molecule has 146 valence electrons. The summed E-state index contributed by atoms with van der Waals surface area (Å²) in [6.45, 7) is 1.72. The Kier molecular flexibility index (Phi) is 5.30. The summed E-state index contributed by atoms with van der Waals surface area (Å²) in [5, 5.41) is 4.38. The van der Waals surface area contributed by atoms with Crippen molar-refractivity contribution >= 4 is 20.8 Å². The van der Waals surface area contributed by atoms with Crippen LogP contribution in [-0.2, 0) is 16.6 Å². The minimum atomic E-state index is -3.64. The maximum absolute atomic E-state index is 13.2. The third-order valence-electron chi connectivity index (χ3n) is 5.28. The molecule has 0 bridgehead atoms. The SMILES string of the molecule is O=c1[nH]ccc2c(S(=O)(=O)N3CCC(NCc4ccccc4)CC3)cccc12. The molecule has 28 heavy (non-hydrogen) atoms. The zero-order valence-electron chi connectivity index (χ0n) is 15.5. The number of pyridine rings is 1. The normalized spacial score (nSPS) is 16.4. The number of H-pyrrole nitrogens is 1. The van der Waals surface area contributed by atoms with Crippen LogP contribution in [0.1, 0.15) is 18.4 Å². The monoisotopic (exact) mass is 397 g/mol. The van der Waals surface area contributed by atoms with Crippen LogP contribution in [0, 0.1) is 0 Å². The van der Waals surface area contributed by atoms with Crippen LogP contribution >= 0.6 is 0 Å². The molecule has 1 saturated heterocycles. The first-order chi connectivity index (χ1) is 13.6. The fourth-order valence-corrected chi connectivity index (χ4v) is 5.39. The van der Waals surface area contributed by atoms with E-state index in [2.05, 4.69) is 22.4 Å². The van der Waals surface area contributed by atoms with E-state index in [4.69, 9.17) is 0 Å². The first-order valence-electron chi connectivity index (χ1n) is 9.43. The van der Waals surface area contributed by atoms with Gasteiger partial charge in [0.1, 0.15) is 0 Å². The number of hydrogen-bond acceptors (Lipinski definition) is 4. The van der Waals surface area contributed by atoms with E-state index < -0.39 is 10.0 Å². The molecule has 7 heteroatoms. The Morgan fingerprint density at radius 1 is 0.964 bits per heavy atom. The zero-order valence-corrected chi connectivity index (χ0v) is 16.3. The van der Waals surface area contributed by atoms with E-state index in [0.29, 0.717) is 29.9 Å². The van der Waals surface area contributed by atoms with E-state index in [1.807, 2.05) is 18.2 Å². The molecule has 2 heterocycles. The highest BCUT2D eigenvalue weighted by Gasteiger charge is 2.30. The second kappa shape index (κ2) is 7.87. The molecule has 4 rings (SSSR count). The van der Waals surface area contributed by atoms with Gasteiger partial charge < -0.3 is 10.3 Å². The predicted molar refractivity (Wildman–Crippen MR) is 110 cm³/mol. The van der Waals surface area contributed by atoms with Gasteiger partial charge >= 0.3 is 0 Å². The topological polar surface area (TPSA) is 82.3 Å². The van der Waals surface area contributed by atoms with Crippen molar-refractivity contribution in [2.75, 3.05) is 13.1 Å². The van der Waals surface area contributed by atoms with Gasteiger partial charge in [-0.25, -0.2) is 8.42 Å². The summed E-state index contributed by atoms with van der Waals surface area (Å²) in [4.78, 5) is 14.8. The number of sulfonamides is 1. The third-order valence-corrected chi connectivity index (χ3v) is 7.24. The Morgan fingerprint density at radius 2 is 1.71 bits per heavy atom. The molecular formula is C21H23N3O3S. The van der Waals surface area contributed by atoms with Gasteiger partial charge in [-0.2, -0.15) is 4.31 Å². The number of nitrogens with one attached hydrogen (secondary N) is 2. The summed E-state index contributed by atoms with van der Waals surface area (Å²) >= 11 is 0. The van der Waals surface area contributed by atoms with Crippen molar-refractivity contribution in [3.8, 4) is 0 Å². The Morgan fingerprint density at radius 3 is 2.46 bits per heavy atom. The number of rotatable bonds is 5. The number of piperidine rings is 1. The third kappa shape index (κ3) is 3.73. The molecule has 2 N–H and O–H groups in total. The number of aromatic amines is 1. The maximum Gasteiger partial charge on any atom is 0.255 e. The molecule has 0 unspecified atom stereocenters. The molecule has 1 aliphatic heterocycles. The Bertz CT molecular complexity index is 1120. The first-order valence-corrected chi connectivity index (χ1v) is 10.9. The van der Waals surface area contributed by atoms with E-state index in [9.17, 15) is 13.2 Å². The fourth-order valence-electron chi connectivity index (χ4n) is 3.71. The van der Waals surface area contributed by atoms with Crippen molar-refractivity contribution in [2.45, 2.75) is 30.3 Å². The van der Waals surface area contributed by atoms with Gasteiger partial charge in [-0.3, -0.25) is 4.79 Å². The second-order valence-corrected chi connectivity index (χ2v) is 8.98. The van der Waals surface area contributed by atoms with Crippen LogP contribution in [0.15, 0.2) is 70.5 Å². The van der Waals surface area contributed by atoms with Crippen molar-refractivity contribution in [2.24, 2.45) is 0 Å². The lowest BCUT2D eigenvalue weighted by atomic mass is 10.1. The van der Waals surface area contributed by atoms with Crippen molar-refractivity contribution in [1.29, 1.82) is 0 Å². The van der Waals surface area contributed by atoms with E-state index in [1.54, 1.807) is 24.3 Å². The van der Waals surface area contributed by atoms with Crippen molar-refractivity contribution in [3.63, 3.8) is 0 Å². The summed E-state index contributed by atoms with van der Waals surface area (Å²) in [5.41, 5.74) is 0.942. The number of benzene rings is 2. The lowest BCUT2D eigenvalue weighted by molar-refractivity contribution is 0.289. The molecule has 0 radical (unpaired) electrons. The zero-order chi connectivity index (χ0) is 19.6. The minimum Gasteiger partial charge on any atom is -0.329 e. The largest absolute Gasteiger partial charge is 0.329 e. The van der Waals surface area contributed by atoms with E-state index >= 15 is 0 Å². The molecule has 1 aromatic heterocycles. The highest BCUT2D eigenvalue weighted by atomic mass is 32.2. The van der Waals surface area contributed by atoms with Crippen LogP contribution in [0.4, 0.5) is 0 Å². The molecular weight excluding hydrogens is 374 g/mol. The van der Waals surface area contributed by atoms with Gasteiger partial charge in [0.05, 0.1) is 4.90 Å². The summed E-state index contributed by atoms with van der Waals surface area (Å²) in [6.07, 6.45) is 3.01. The van der Waals surface area contributed by atoms with Crippen LogP contribution < -0.4 is 10.9 Å². The molecule has 3 aromatic rings. The Labute approximate surface area is 164 Å². The first kappa shape index (κ1) is 18.9. The van der Waals surface area contributed by atoms with Crippen LogP contribution in [0.25, 0.3) is 10.8 Å². The van der Waals surface area contributed by atoms with Crippen molar-refractivity contribution in [1.82, 2.24) is 14.6 Å². The average molecular weight is 398 g/mol. The molecule has 2 aromatic carbocycles. The van der Waals surface area contributed by atoms with Crippen molar-refractivity contribution < 1.29 is 8.42 Å². The van der Waals surface area contributed by atoms with E-state index in [-0.39, 0.29) is 10.5 Å². The molecule has 0 saturated carbocycles. The molecule has 0 aliphatic carbocycles. The van der Waals surface area contributed by atoms with Gasteiger partial charge in [0, 0.05) is 42.6 Å². The summed E-state index contributed by atoms with van der Waals surface area (Å²) < 4.78 is 27.9. The molecule has 0 atom stereocenters. The van der Waals surface area contributed by atoms with Crippen LogP contribution in [0.3, 0.4) is 0 Å². The Hall–Kier alpha value is -2.48. The lowest BCUT2D eigenvalue weighted by Gasteiger charge is -2.32. The quantitative estimate of drug-likeness (QED) is 0.693. The molecule has 0 spiro atoms. The maximum atomic E-state index is 13.2. The molecule has 0 amide bonds. The van der Waals surface area contributed by atoms with Crippen molar-refractivity contribution in [3.05, 3.63) is 76.7 Å². The smallest absolute Gasteiger partial charge is 0.255 e. The van der Waals surface area contributed by atoms with Gasteiger partial charge in [-0.1, -0.05) is 36.4 Å². The number of fused-ring (bicyclic) bond motifs is 1. The van der Waals surface area contributed by atoms with Gasteiger partial charge in [0.15, 0.2) is 0 Å².